The van der Waals surface area contributed by atoms with E-state index in [0.717, 1.165) is 0 Å². The maximum Gasteiger partial charge on any atom is 0.434 e. The van der Waals surface area contributed by atoms with Crippen LogP contribution in [0.4, 0.5) is 51.1 Å². The Labute approximate surface area is 187 Å². The second-order valence-electron chi connectivity index (χ2n) is 6.91. The van der Waals surface area contributed by atoms with Crippen molar-refractivity contribution in [3.8, 4) is 0 Å². The Morgan fingerprint density at radius 3 is 2.03 bits per heavy atom. The first-order chi connectivity index (χ1) is 14.3. The fourth-order valence-corrected chi connectivity index (χ4v) is 3.35. The number of nitrogens with zero attached hydrogens (tertiary/aromatic N) is 2. The van der Waals surface area contributed by atoms with Gasteiger partial charge in [0.05, 0.1) is 21.8 Å². The first-order valence-corrected chi connectivity index (χ1v) is 9.63. The predicted molar refractivity (Wildman–Crippen MR) is 101 cm³/mol. The second-order valence-corrected chi connectivity index (χ2v) is 8.08. The molecule has 0 saturated carbocycles. The molecule has 2 rings (SSSR count). The van der Waals surface area contributed by atoms with E-state index >= 15 is 0 Å². The van der Waals surface area contributed by atoms with Gasteiger partial charge in [-0.15, -0.1) is 0 Å². The number of halogens is 11. The third-order valence-corrected chi connectivity index (χ3v) is 5.00. The van der Waals surface area contributed by atoms with E-state index in [4.69, 9.17) is 11.6 Å². The van der Waals surface area contributed by atoms with Crippen LogP contribution in [0, 0.1) is 5.92 Å². The molecule has 32 heavy (non-hydrogen) atoms. The Bertz CT molecular complexity index is 1080. The molecule has 0 aliphatic carbocycles. The van der Waals surface area contributed by atoms with E-state index in [1.807, 2.05) is 5.32 Å². The highest BCUT2D eigenvalue weighted by atomic mass is 79.9. The van der Waals surface area contributed by atoms with E-state index in [1.54, 1.807) is 13.8 Å². The number of hydrogen-bond donors (Lipinski definition) is 1. The van der Waals surface area contributed by atoms with Crippen LogP contribution >= 0.6 is 27.5 Å². The van der Waals surface area contributed by atoms with Crippen LogP contribution in [0.1, 0.15) is 30.7 Å². The molecule has 0 bridgehead atoms. The lowest BCUT2D eigenvalue weighted by Crippen LogP contribution is -2.30. The molecule has 1 aromatic heterocycles. The van der Waals surface area contributed by atoms with E-state index in [9.17, 15) is 44.3 Å². The monoisotopic (exact) mass is 559 g/mol. The number of benzene rings is 1. The molecule has 1 aromatic carbocycles. The van der Waals surface area contributed by atoms with Crippen molar-refractivity contribution < 1.29 is 39.5 Å². The molecule has 0 amide bonds. The molecule has 0 aliphatic rings. The van der Waals surface area contributed by atoms with Gasteiger partial charge in [0.2, 0.25) is 5.95 Å². The van der Waals surface area contributed by atoms with Gasteiger partial charge in [0, 0.05) is 6.54 Å². The molecule has 2 aromatic rings. The van der Waals surface area contributed by atoms with Gasteiger partial charge in [-0.1, -0.05) is 25.4 Å². The van der Waals surface area contributed by atoms with Crippen molar-refractivity contribution >= 4 is 39.2 Å². The normalized spacial score (nSPS) is 13.1. The quantitative estimate of drug-likeness (QED) is 0.405. The average Bonchev–Trinajstić information content (AvgIpc) is 2.59. The van der Waals surface area contributed by atoms with Gasteiger partial charge in [0.15, 0.2) is 5.69 Å². The summed E-state index contributed by atoms with van der Waals surface area (Å²) in [5.74, 6) is -1.30. The van der Waals surface area contributed by atoms with Gasteiger partial charge in [0.25, 0.3) is 5.56 Å². The molecular weight excluding hydrogens is 549 g/mol. The zero-order valence-corrected chi connectivity index (χ0v) is 18.2. The lowest BCUT2D eigenvalue weighted by molar-refractivity contribution is -0.143. The highest BCUT2D eigenvalue weighted by Crippen LogP contribution is 2.43. The molecule has 0 fully saturated rings. The highest BCUT2D eigenvalue weighted by molar-refractivity contribution is 9.10. The van der Waals surface area contributed by atoms with Crippen molar-refractivity contribution in [2.24, 2.45) is 5.92 Å². The first kappa shape index (κ1) is 26.3. The van der Waals surface area contributed by atoms with E-state index in [1.165, 1.54) is 0 Å². The lowest BCUT2D eigenvalue weighted by atomic mass is 10.1. The maximum atomic E-state index is 13.3. The van der Waals surface area contributed by atoms with Crippen LogP contribution < -0.4 is 10.9 Å². The van der Waals surface area contributed by atoms with Crippen molar-refractivity contribution in [2.75, 3.05) is 5.32 Å². The minimum Gasteiger partial charge on any atom is -0.324 e. The van der Waals surface area contributed by atoms with Crippen LogP contribution in [0.2, 0.25) is 5.02 Å². The Morgan fingerprint density at radius 2 is 1.59 bits per heavy atom. The molecule has 0 radical (unpaired) electrons. The highest BCUT2D eigenvalue weighted by Gasteiger charge is 2.40. The van der Waals surface area contributed by atoms with Crippen LogP contribution in [0.15, 0.2) is 21.4 Å². The van der Waals surface area contributed by atoms with E-state index in [2.05, 4.69) is 20.9 Å². The summed E-state index contributed by atoms with van der Waals surface area (Å²) in [5.41, 5.74) is -7.63. The molecular formula is C17H12BrClF9N3O. The summed E-state index contributed by atoms with van der Waals surface area (Å²) in [4.78, 5) is 15.7. The second kappa shape index (κ2) is 8.76. The van der Waals surface area contributed by atoms with Gasteiger partial charge >= 0.3 is 18.5 Å². The third-order valence-electron chi connectivity index (χ3n) is 3.88. The summed E-state index contributed by atoms with van der Waals surface area (Å²) >= 11 is 8.13. The van der Waals surface area contributed by atoms with Crippen molar-refractivity contribution in [3.05, 3.63) is 48.8 Å². The fourth-order valence-electron chi connectivity index (χ4n) is 2.55. The van der Waals surface area contributed by atoms with Crippen LogP contribution in [-0.4, -0.2) is 9.55 Å². The Kier molecular flexibility index (Phi) is 7.20. The van der Waals surface area contributed by atoms with Crippen molar-refractivity contribution in [3.63, 3.8) is 0 Å². The lowest BCUT2D eigenvalue weighted by Gasteiger charge is -2.21. The number of anilines is 2. The summed E-state index contributed by atoms with van der Waals surface area (Å²) < 4.78 is 119. The molecule has 178 valence electrons. The predicted octanol–water partition coefficient (Wildman–Crippen LogP) is 7.12. The minimum absolute atomic E-state index is 0.179. The molecule has 0 unspecified atom stereocenters. The molecule has 1 heterocycles. The van der Waals surface area contributed by atoms with Gasteiger partial charge < -0.3 is 5.32 Å². The van der Waals surface area contributed by atoms with Gasteiger partial charge in [-0.3, -0.25) is 9.36 Å². The molecule has 0 aliphatic heterocycles. The van der Waals surface area contributed by atoms with Gasteiger partial charge in [-0.2, -0.15) is 39.5 Å². The van der Waals surface area contributed by atoms with Crippen LogP contribution in [0.5, 0.6) is 0 Å². The van der Waals surface area contributed by atoms with Crippen molar-refractivity contribution in [2.45, 2.75) is 38.9 Å². The number of alkyl halides is 9. The number of nitrogens with one attached hydrogen (secondary N) is 1. The van der Waals surface area contributed by atoms with Gasteiger partial charge in [-0.05, 0) is 34.0 Å². The van der Waals surface area contributed by atoms with Crippen molar-refractivity contribution in [1.82, 2.24) is 9.55 Å². The molecule has 0 atom stereocenters. The largest absolute Gasteiger partial charge is 0.434 e. The van der Waals surface area contributed by atoms with Crippen LogP contribution in [-0.2, 0) is 25.1 Å². The SMILES string of the molecule is CC(C)Cn1c(Nc2cc(C(F)(F)F)cc(C(F)(F)F)c2Cl)nc(C(F)(F)F)c(Br)c1=O. The van der Waals surface area contributed by atoms with Crippen LogP contribution in [0.25, 0.3) is 0 Å². The fraction of sp³-hybridized carbons (Fsp3) is 0.412. The number of rotatable bonds is 4. The summed E-state index contributed by atoms with van der Waals surface area (Å²) in [7, 11) is 0. The number of hydrogen-bond acceptors (Lipinski definition) is 3. The summed E-state index contributed by atoms with van der Waals surface area (Å²) in [6.45, 7) is 2.88. The average molecular weight is 561 g/mol. The van der Waals surface area contributed by atoms with Gasteiger partial charge in [-0.25, -0.2) is 4.98 Å². The smallest absolute Gasteiger partial charge is 0.324 e. The van der Waals surface area contributed by atoms with E-state index in [0.29, 0.717) is 4.57 Å². The molecule has 15 heteroatoms. The maximum absolute atomic E-state index is 13.3. The third kappa shape index (κ3) is 5.69. The molecule has 0 saturated heterocycles. The zero-order valence-electron chi connectivity index (χ0n) is 15.9. The summed E-state index contributed by atoms with van der Waals surface area (Å²) in [6, 6.07) is -0.0520. The number of aromatic nitrogens is 2. The Hall–Kier alpha value is -1.96. The molecule has 1 N–H and O–H groups in total. The topological polar surface area (TPSA) is 46.9 Å². The summed E-state index contributed by atoms with van der Waals surface area (Å²) in [5, 5.41) is 0.708. The molecule has 4 nitrogen and oxygen atoms in total. The minimum atomic E-state index is -5.31. The standard InChI is InChI=1S/C17H12BrClF9N3O/c1-6(2)5-31-13(32)10(18)12(17(26,27)28)30-14(31)29-9-4-7(15(20,21)22)3-8(11(9)19)16(23,24)25/h3-4,6H,5H2,1-2H3,(H,29,30). The van der Waals surface area contributed by atoms with E-state index < -0.39 is 62.0 Å². The van der Waals surface area contributed by atoms with Gasteiger partial charge in [0.1, 0.15) is 4.47 Å². The Morgan fingerprint density at radius 1 is 1.03 bits per heavy atom. The zero-order chi connectivity index (χ0) is 24.8. The first-order valence-electron chi connectivity index (χ1n) is 8.46. The van der Waals surface area contributed by atoms with E-state index in [-0.39, 0.29) is 24.6 Å². The molecule has 0 spiro atoms. The summed E-state index contributed by atoms with van der Waals surface area (Å²) in [6.07, 6.45) is -15.7. The van der Waals surface area contributed by atoms with Crippen molar-refractivity contribution in [1.29, 1.82) is 0 Å². The van der Waals surface area contributed by atoms with Crippen LogP contribution in [0.3, 0.4) is 0 Å². The Balaban J connectivity index is 2.83.